The van der Waals surface area contributed by atoms with E-state index in [-0.39, 0.29) is 5.92 Å². The van der Waals surface area contributed by atoms with Gasteiger partial charge in [0.15, 0.2) is 0 Å². The van der Waals surface area contributed by atoms with Gasteiger partial charge in [0, 0.05) is 37.4 Å². The predicted octanol–water partition coefficient (Wildman–Crippen LogP) is 3.27. The molecule has 0 bridgehead atoms. The zero-order valence-electron chi connectivity index (χ0n) is 15.6. The van der Waals surface area contributed by atoms with Gasteiger partial charge < -0.3 is 4.57 Å². The van der Waals surface area contributed by atoms with E-state index >= 15 is 0 Å². The fourth-order valence-corrected chi connectivity index (χ4v) is 5.89. The molecule has 1 atom stereocenters. The Morgan fingerprint density at radius 1 is 1.23 bits per heavy atom. The number of benzene rings is 1. The quantitative estimate of drug-likeness (QED) is 0.808. The van der Waals surface area contributed by atoms with Gasteiger partial charge in [0.05, 0.1) is 4.90 Å². The molecule has 4 rings (SSSR count). The Morgan fingerprint density at radius 3 is 2.85 bits per heavy atom. The Bertz CT molecular complexity index is 917. The average Bonchev–Trinajstić information content (AvgIpc) is 3.35. The third-order valence-corrected chi connectivity index (χ3v) is 7.62. The van der Waals surface area contributed by atoms with Crippen LogP contribution in [0.3, 0.4) is 0 Å². The molecule has 0 radical (unpaired) electrons. The summed E-state index contributed by atoms with van der Waals surface area (Å²) in [7, 11) is -3.42. The molecule has 2 aliphatic rings. The minimum Gasteiger partial charge on any atom is -0.332 e. The molecule has 2 heterocycles. The molecular formula is C20H27N3O2S. The molecule has 26 heavy (non-hydrogen) atoms. The van der Waals surface area contributed by atoms with E-state index in [9.17, 15) is 8.42 Å². The first kappa shape index (κ1) is 17.7. The van der Waals surface area contributed by atoms with E-state index in [2.05, 4.69) is 23.4 Å². The normalized spacial score (nSPS) is 20.6. The number of aromatic nitrogens is 2. The largest absolute Gasteiger partial charge is 0.332 e. The summed E-state index contributed by atoms with van der Waals surface area (Å²) in [5.74, 6) is 1.22. The number of hydrogen-bond donors (Lipinski definition) is 0. The van der Waals surface area contributed by atoms with Crippen molar-refractivity contribution in [1.29, 1.82) is 0 Å². The summed E-state index contributed by atoms with van der Waals surface area (Å²) >= 11 is 0. The highest BCUT2D eigenvalue weighted by atomic mass is 32.2. The van der Waals surface area contributed by atoms with Gasteiger partial charge in [-0.05, 0) is 62.3 Å². The molecule has 1 aromatic heterocycles. The monoisotopic (exact) mass is 373 g/mol. The van der Waals surface area contributed by atoms with Gasteiger partial charge in [-0.25, -0.2) is 13.4 Å². The molecule has 2 aromatic rings. The van der Waals surface area contributed by atoms with Gasteiger partial charge >= 0.3 is 0 Å². The second-order valence-corrected chi connectivity index (χ2v) is 9.48. The molecule has 1 aliphatic carbocycles. The van der Waals surface area contributed by atoms with Crippen LogP contribution in [0.15, 0.2) is 29.3 Å². The second-order valence-electron chi connectivity index (χ2n) is 7.54. The molecule has 1 saturated heterocycles. The molecule has 6 heteroatoms. The van der Waals surface area contributed by atoms with Crippen molar-refractivity contribution in [3.8, 4) is 0 Å². The van der Waals surface area contributed by atoms with E-state index in [4.69, 9.17) is 0 Å². The van der Waals surface area contributed by atoms with Crippen LogP contribution in [-0.4, -0.2) is 35.4 Å². The lowest BCUT2D eigenvalue weighted by molar-refractivity contribution is 0.468. The van der Waals surface area contributed by atoms with E-state index in [1.807, 2.05) is 18.3 Å². The minimum atomic E-state index is -3.42. The third-order valence-electron chi connectivity index (χ3n) is 5.76. The van der Waals surface area contributed by atoms with Crippen molar-refractivity contribution in [2.45, 2.75) is 63.3 Å². The van der Waals surface area contributed by atoms with E-state index in [1.54, 1.807) is 10.4 Å². The number of imidazole rings is 1. The Balaban J connectivity index is 1.56. The molecule has 0 N–H and O–H groups in total. The first-order valence-electron chi connectivity index (χ1n) is 9.64. The van der Waals surface area contributed by atoms with Crippen molar-refractivity contribution >= 4 is 10.0 Å². The summed E-state index contributed by atoms with van der Waals surface area (Å²) in [5.41, 5.74) is 3.66. The number of fused-ring (bicyclic) bond motifs is 1. The fourth-order valence-electron chi connectivity index (χ4n) is 4.33. The van der Waals surface area contributed by atoms with Crippen molar-refractivity contribution < 1.29 is 8.42 Å². The molecular weight excluding hydrogens is 346 g/mol. The SMILES string of the molecule is CCCn1c(C)cnc1C1CCN(S(=O)(=O)c2ccc3c(c2)CCC3)C1. The second kappa shape index (κ2) is 6.82. The van der Waals surface area contributed by atoms with Gasteiger partial charge in [-0.1, -0.05) is 13.0 Å². The van der Waals surface area contributed by atoms with Crippen LogP contribution in [0, 0.1) is 6.92 Å². The highest BCUT2D eigenvalue weighted by Gasteiger charge is 2.35. The van der Waals surface area contributed by atoms with Gasteiger partial charge in [-0.3, -0.25) is 0 Å². The van der Waals surface area contributed by atoms with Crippen LogP contribution in [0.4, 0.5) is 0 Å². The number of rotatable bonds is 5. The van der Waals surface area contributed by atoms with E-state index in [0.29, 0.717) is 18.0 Å². The highest BCUT2D eigenvalue weighted by molar-refractivity contribution is 7.89. The molecule has 140 valence electrons. The van der Waals surface area contributed by atoms with Crippen LogP contribution in [0.25, 0.3) is 0 Å². The van der Waals surface area contributed by atoms with Gasteiger partial charge in [0.25, 0.3) is 0 Å². The first-order chi connectivity index (χ1) is 12.5. The van der Waals surface area contributed by atoms with Crippen LogP contribution in [0.5, 0.6) is 0 Å². The number of nitrogens with zero attached hydrogens (tertiary/aromatic N) is 3. The molecule has 0 spiro atoms. The lowest BCUT2D eigenvalue weighted by Crippen LogP contribution is -2.29. The Hall–Kier alpha value is -1.66. The van der Waals surface area contributed by atoms with Crippen LogP contribution >= 0.6 is 0 Å². The van der Waals surface area contributed by atoms with Gasteiger partial charge in [-0.15, -0.1) is 0 Å². The van der Waals surface area contributed by atoms with Crippen molar-refractivity contribution in [2.24, 2.45) is 0 Å². The smallest absolute Gasteiger partial charge is 0.243 e. The summed E-state index contributed by atoms with van der Waals surface area (Å²) < 4.78 is 30.1. The summed E-state index contributed by atoms with van der Waals surface area (Å²) in [4.78, 5) is 5.05. The molecule has 0 amide bonds. The summed E-state index contributed by atoms with van der Waals surface area (Å²) in [6.07, 6.45) is 6.99. The van der Waals surface area contributed by atoms with E-state index < -0.39 is 10.0 Å². The van der Waals surface area contributed by atoms with Gasteiger partial charge in [0.2, 0.25) is 10.0 Å². The fraction of sp³-hybridized carbons (Fsp3) is 0.550. The molecule has 1 unspecified atom stereocenters. The van der Waals surface area contributed by atoms with E-state index in [0.717, 1.165) is 50.2 Å². The van der Waals surface area contributed by atoms with Crippen LogP contribution in [-0.2, 0) is 29.4 Å². The Kier molecular flexibility index (Phi) is 4.65. The molecule has 1 aromatic carbocycles. The van der Waals surface area contributed by atoms with Crippen molar-refractivity contribution in [3.05, 3.63) is 47.0 Å². The summed E-state index contributed by atoms with van der Waals surface area (Å²) in [6, 6.07) is 5.68. The minimum absolute atomic E-state index is 0.180. The van der Waals surface area contributed by atoms with E-state index in [1.165, 1.54) is 11.1 Å². The zero-order chi connectivity index (χ0) is 18.3. The molecule has 0 saturated carbocycles. The molecule has 1 fully saturated rings. The predicted molar refractivity (Wildman–Crippen MR) is 102 cm³/mol. The maximum atomic E-state index is 13.1. The average molecular weight is 374 g/mol. The van der Waals surface area contributed by atoms with Gasteiger partial charge in [0.1, 0.15) is 5.82 Å². The summed E-state index contributed by atoms with van der Waals surface area (Å²) in [5, 5.41) is 0. The van der Waals surface area contributed by atoms with Crippen molar-refractivity contribution in [1.82, 2.24) is 13.9 Å². The number of aryl methyl sites for hydroxylation is 3. The van der Waals surface area contributed by atoms with Crippen LogP contribution in [0.1, 0.15) is 54.7 Å². The summed E-state index contributed by atoms with van der Waals surface area (Å²) in [6.45, 7) is 6.26. The number of hydrogen-bond acceptors (Lipinski definition) is 3. The Labute approximate surface area is 156 Å². The lowest BCUT2D eigenvalue weighted by Gasteiger charge is -2.18. The van der Waals surface area contributed by atoms with Gasteiger partial charge in [-0.2, -0.15) is 4.31 Å². The van der Waals surface area contributed by atoms with Crippen LogP contribution < -0.4 is 0 Å². The molecule has 5 nitrogen and oxygen atoms in total. The maximum Gasteiger partial charge on any atom is 0.243 e. The standard InChI is InChI=1S/C20H27N3O2S/c1-3-10-23-15(2)13-21-20(23)18-9-11-22(14-18)26(24,25)19-8-7-16-5-4-6-17(16)12-19/h7-8,12-13,18H,3-6,9-11,14H2,1-2H3. The number of sulfonamides is 1. The van der Waals surface area contributed by atoms with Crippen molar-refractivity contribution in [3.63, 3.8) is 0 Å². The third kappa shape index (κ3) is 2.99. The zero-order valence-corrected chi connectivity index (χ0v) is 16.4. The topological polar surface area (TPSA) is 55.2 Å². The van der Waals surface area contributed by atoms with Crippen LogP contribution in [0.2, 0.25) is 0 Å². The highest BCUT2D eigenvalue weighted by Crippen LogP contribution is 2.32. The van der Waals surface area contributed by atoms with Crippen molar-refractivity contribution in [2.75, 3.05) is 13.1 Å². The Morgan fingerprint density at radius 2 is 2.04 bits per heavy atom. The maximum absolute atomic E-state index is 13.1. The molecule has 1 aliphatic heterocycles. The lowest BCUT2D eigenvalue weighted by atomic mass is 10.1. The first-order valence-corrected chi connectivity index (χ1v) is 11.1.